The lowest BCUT2D eigenvalue weighted by atomic mass is 10.0. The number of aromatic nitrogens is 1. The highest BCUT2D eigenvalue weighted by atomic mass is 32.1. The molecule has 1 aromatic carbocycles. The molecule has 3 rings (SSSR count). The molecule has 1 saturated heterocycles. The number of nitrogens with zero attached hydrogens (tertiary/aromatic N) is 2. The summed E-state index contributed by atoms with van der Waals surface area (Å²) in [6.45, 7) is 6.19. The molecule has 1 aromatic heterocycles. The Morgan fingerprint density at radius 1 is 1.31 bits per heavy atom. The number of hydrogen-bond donors (Lipinski definition) is 3. The van der Waals surface area contributed by atoms with Crippen LogP contribution < -0.4 is 10.6 Å². The van der Waals surface area contributed by atoms with Crippen LogP contribution in [0, 0.1) is 6.92 Å². The van der Waals surface area contributed by atoms with Gasteiger partial charge in [-0.05, 0) is 37.5 Å². The molecular weight excluding hydrogens is 428 g/mol. The predicted molar refractivity (Wildman–Crippen MR) is 124 cm³/mol. The van der Waals surface area contributed by atoms with Crippen molar-refractivity contribution in [1.29, 1.82) is 0 Å². The largest absolute Gasteiger partial charge is 0.391 e. The standard InChI is InChI=1S/C23H28N4O4S/c1-14-8-20(31-26-14)10-22(29)27-12-19(28)9-21(27)23(30)24-11-17-4-6-18(7-5-17)15(2)16(3)25-13-32/h4-8,13,19,21,28H,9-12H2,1-3H3,(H,24,30)(H,25,32)/b16-15+/t19-,21+/m1/s1. The van der Waals surface area contributed by atoms with E-state index < -0.39 is 12.1 Å². The van der Waals surface area contributed by atoms with Gasteiger partial charge in [-0.1, -0.05) is 41.6 Å². The molecule has 0 saturated carbocycles. The van der Waals surface area contributed by atoms with Crippen LogP contribution in [0.3, 0.4) is 0 Å². The van der Waals surface area contributed by atoms with Gasteiger partial charge in [-0.25, -0.2) is 0 Å². The van der Waals surface area contributed by atoms with Gasteiger partial charge in [0.15, 0.2) is 0 Å². The summed E-state index contributed by atoms with van der Waals surface area (Å²) < 4.78 is 5.10. The van der Waals surface area contributed by atoms with E-state index in [0.717, 1.165) is 22.4 Å². The van der Waals surface area contributed by atoms with Gasteiger partial charge in [-0.2, -0.15) is 0 Å². The second kappa shape index (κ2) is 10.5. The van der Waals surface area contributed by atoms with Gasteiger partial charge in [-0.15, -0.1) is 0 Å². The van der Waals surface area contributed by atoms with E-state index in [1.54, 1.807) is 13.0 Å². The molecule has 0 spiro atoms. The molecule has 2 heterocycles. The maximum Gasteiger partial charge on any atom is 0.243 e. The Balaban J connectivity index is 1.60. The molecule has 0 unspecified atom stereocenters. The lowest BCUT2D eigenvalue weighted by Crippen LogP contribution is -2.46. The number of thiocarbonyl (C=S) groups is 1. The lowest BCUT2D eigenvalue weighted by Gasteiger charge is -2.23. The minimum absolute atomic E-state index is 0.00315. The van der Waals surface area contributed by atoms with Crippen molar-refractivity contribution in [3.8, 4) is 0 Å². The predicted octanol–water partition coefficient (Wildman–Crippen LogP) is 2.10. The fourth-order valence-electron chi connectivity index (χ4n) is 3.68. The molecule has 1 fully saturated rings. The molecule has 8 nitrogen and oxygen atoms in total. The van der Waals surface area contributed by atoms with E-state index in [9.17, 15) is 14.7 Å². The van der Waals surface area contributed by atoms with Crippen LogP contribution >= 0.6 is 12.2 Å². The molecule has 0 bridgehead atoms. The van der Waals surface area contributed by atoms with Crippen molar-refractivity contribution in [3.63, 3.8) is 0 Å². The molecule has 1 aliphatic rings. The SMILES string of the molecule is C/C(NC=S)=C(/C)c1ccc(CNC(=O)[C@@H]2C[C@@H](O)CN2C(=O)Cc2cc(C)no2)cc1. The third-order valence-corrected chi connectivity index (χ3v) is 5.71. The fraction of sp³-hybridized carbons (Fsp3) is 0.391. The molecule has 1 aliphatic heterocycles. The van der Waals surface area contributed by atoms with Crippen molar-refractivity contribution in [2.75, 3.05) is 6.54 Å². The van der Waals surface area contributed by atoms with E-state index in [4.69, 9.17) is 16.7 Å². The van der Waals surface area contributed by atoms with Crippen LogP contribution in [0.4, 0.5) is 0 Å². The highest BCUT2D eigenvalue weighted by molar-refractivity contribution is 7.78. The van der Waals surface area contributed by atoms with Gasteiger partial charge in [0.05, 0.1) is 23.7 Å². The summed E-state index contributed by atoms with van der Waals surface area (Å²) in [4.78, 5) is 26.9. The van der Waals surface area contributed by atoms with E-state index in [0.29, 0.717) is 18.0 Å². The number of β-amino-alcohol motifs (C(OH)–C–C–N with tert-alkyl or cyclic N) is 1. The quantitative estimate of drug-likeness (QED) is 0.522. The number of carbonyl (C=O) groups excluding carboxylic acids is 2. The van der Waals surface area contributed by atoms with Crippen molar-refractivity contribution in [2.45, 2.75) is 52.3 Å². The van der Waals surface area contributed by atoms with Crippen molar-refractivity contribution in [1.82, 2.24) is 20.7 Å². The molecular formula is C23H28N4O4S. The molecule has 2 amide bonds. The lowest BCUT2D eigenvalue weighted by molar-refractivity contribution is -0.138. The number of aryl methyl sites for hydroxylation is 1. The van der Waals surface area contributed by atoms with Gasteiger partial charge in [-0.3, -0.25) is 9.59 Å². The van der Waals surface area contributed by atoms with Gasteiger partial charge in [0, 0.05) is 31.3 Å². The Bertz CT molecular complexity index is 1020. The van der Waals surface area contributed by atoms with Gasteiger partial charge < -0.3 is 25.2 Å². The number of aliphatic hydroxyl groups is 1. The Kier molecular flexibility index (Phi) is 7.76. The summed E-state index contributed by atoms with van der Waals surface area (Å²) in [6.07, 6.45) is -0.518. The third-order valence-electron chi connectivity index (χ3n) is 5.60. The second-order valence-corrected chi connectivity index (χ2v) is 8.23. The van der Waals surface area contributed by atoms with Crippen LogP contribution in [-0.4, -0.2) is 51.2 Å². The number of nitrogens with one attached hydrogen (secondary N) is 2. The minimum Gasteiger partial charge on any atom is -0.391 e. The maximum absolute atomic E-state index is 12.8. The Labute approximate surface area is 192 Å². The number of allylic oxidation sites excluding steroid dienone is 2. The van der Waals surface area contributed by atoms with Gasteiger partial charge in [0.2, 0.25) is 11.8 Å². The molecule has 2 aromatic rings. The highest BCUT2D eigenvalue weighted by Crippen LogP contribution is 2.21. The van der Waals surface area contributed by atoms with Crippen LogP contribution in [-0.2, 0) is 22.6 Å². The summed E-state index contributed by atoms with van der Waals surface area (Å²) in [7, 11) is 0. The van der Waals surface area contributed by atoms with Crippen LogP contribution in [0.15, 0.2) is 40.6 Å². The number of rotatable bonds is 8. The van der Waals surface area contributed by atoms with Crippen molar-refractivity contribution < 1.29 is 19.2 Å². The summed E-state index contributed by atoms with van der Waals surface area (Å²) >= 11 is 4.83. The molecule has 32 heavy (non-hydrogen) atoms. The first-order chi connectivity index (χ1) is 15.3. The number of benzene rings is 1. The summed E-state index contributed by atoms with van der Waals surface area (Å²) in [5.41, 5.74) is 6.21. The number of aliphatic hydroxyl groups excluding tert-OH is 1. The fourth-order valence-corrected chi connectivity index (χ4v) is 3.86. The van der Waals surface area contributed by atoms with E-state index in [-0.39, 0.29) is 31.2 Å². The average molecular weight is 457 g/mol. The topological polar surface area (TPSA) is 108 Å². The molecule has 3 N–H and O–H groups in total. The molecule has 0 aliphatic carbocycles. The van der Waals surface area contributed by atoms with Gasteiger partial charge >= 0.3 is 0 Å². The average Bonchev–Trinajstić information content (AvgIpc) is 3.37. The van der Waals surface area contributed by atoms with Gasteiger partial charge in [0.1, 0.15) is 11.8 Å². The number of hydrogen-bond acceptors (Lipinski definition) is 6. The van der Waals surface area contributed by atoms with Gasteiger partial charge in [0.25, 0.3) is 0 Å². The zero-order valence-corrected chi connectivity index (χ0v) is 19.2. The third kappa shape index (κ3) is 5.80. The highest BCUT2D eigenvalue weighted by Gasteiger charge is 2.38. The Morgan fingerprint density at radius 2 is 2.03 bits per heavy atom. The molecule has 2 atom stereocenters. The van der Waals surface area contributed by atoms with Crippen LogP contribution in [0.1, 0.15) is 42.8 Å². The summed E-state index contributed by atoms with van der Waals surface area (Å²) in [5, 5.41) is 19.7. The number of amides is 2. The summed E-state index contributed by atoms with van der Waals surface area (Å²) in [5.74, 6) is -0.122. The second-order valence-electron chi connectivity index (χ2n) is 7.99. The van der Waals surface area contributed by atoms with Crippen molar-refractivity contribution in [2.24, 2.45) is 0 Å². The van der Waals surface area contributed by atoms with Crippen LogP contribution in [0.5, 0.6) is 0 Å². The van der Waals surface area contributed by atoms with E-state index in [1.165, 1.54) is 10.4 Å². The maximum atomic E-state index is 12.8. The molecule has 0 radical (unpaired) electrons. The monoisotopic (exact) mass is 456 g/mol. The Morgan fingerprint density at radius 3 is 2.66 bits per heavy atom. The van der Waals surface area contributed by atoms with Crippen LogP contribution in [0.2, 0.25) is 0 Å². The van der Waals surface area contributed by atoms with Crippen LogP contribution in [0.25, 0.3) is 5.57 Å². The zero-order valence-electron chi connectivity index (χ0n) is 18.4. The molecule has 9 heteroatoms. The molecule has 170 valence electrons. The van der Waals surface area contributed by atoms with Crippen molar-refractivity contribution in [3.05, 3.63) is 58.6 Å². The first-order valence-electron chi connectivity index (χ1n) is 10.4. The smallest absolute Gasteiger partial charge is 0.243 e. The number of carbonyl (C=O) groups is 2. The zero-order chi connectivity index (χ0) is 23.3. The van der Waals surface area contributed by atoms with E-state index in [2.05, 4.69) is 15.8 Å². The first kappa shape index (κ1) is 23.6. The normalized spacial score (nSPS) is 18.8. The first-order valence-corrected chi connectivity index (χ1v) is 10.9. The van der Waals surface area contributed by atoms with E-state index in [1.807, 2.05) is 38.1 Å². The van der Waals surface area contributed by atoms with Crippen molar-refractivity contribution >= 4 is 35.1 Å². The number of likely N-dealkylation sites (tertiary alicyclic amines) is 1. The Hall–Kier alpha value is -3.04. The van der Waals surface area contributed by atoms with E-state index >= 15 is 0 Å². The minimum atomic E-state index is -0.732. The summed E-state index contributed by atoms with van der Waals surface area (Å²) in [6, 6.07) is 8.84.